The Balaban J connectivity index is 1.57. The van der Waals surface area contributed by atoms with Crippen molar-refractivity contribution in [3.05, 3.63) is 0 Å². The molecule has 2 rings (SSSR count). The van der Waals surface area contributed by atoms with Gasteiger partial charge in [-0.2, -0.15) is 0 Å². The van der Waals surface area contributed by atoms with E-state index in [1.807, 2.05) is 0 Å². The first kappa shape index (κ1) is 14.3. The van der Waals surface area contributed by atoms with E-state index < -0.39 is 0 Å². The van der Waals surface area contributed by atoms with Gasteiger partial charge in [-0.15, -0.1) is 0 Å². The van der Waals surface area contributed by atoms with Gasteiger partial charge in [0.2, 0.25) is 0 Å². The van der Waals surface area contributed by atoms with Crippen molar-refractivity contribution in [2.24, 2.45) is 11.8 Å². The number of nitrogens with one attached hydrogen (secondary N) is 1. The maximum atomic E-state index is 5.39. The van der Waals surface area contributed by atoms with E-state index >= 15 is 0 Å². The number of hydrogen-bond acceptors (Lipinski definition) is 4. The quantitative estimate of drug-likeness (QED) is 0.699. The third-order valence-corrected chi connectivity index (χ3v) is 4.37. The molecule has 4 heteroatoms. The average Bonchev–Trinajstić information content (AvgIpc) is 2.94. The van der Waals surface area contributed by atoms with Crippen LogP contribution < -0.4 is 5.32 Å². The van der Waals surface area contributed by atoms with Crippen LogP contribution in [0.1, 0.15) is 13.3 Å². The number of rotatable bonds is 6. The van der Waals surface area contributed by atoms with Gasteiger partial charge in [0.1, 0.15) is 0 Å². The lowest BCUT2D eigenvalue weighted by Crippen LogP contribution is -2.36. The van der Waals surface area contributed by atoms with E-state index in [-0.39, 0.29) is 0 Å². The Morgan fingerprint density at radius 2 is 2.17 bits per heavy atom. The molecule has 18 heavy (non-hydrogen) atoms. The Morgan fingerprint density at radius 1 is 1.33 bits per heavy atom. The highest BCUT2D eigenvalue weighted by atomic mass is 16.5. The summed E-state index contributed by atoms with van der Waals surface area (Å²) in [6.45, 7) is 10.2. The molecule has 2 fully saturated rings. The summed E-state index contributed by atoms with van der Waals surface area (Å²) in [5, 5.41) is 3.58. The summed E-state index contributed by atoms with van der Waals surface area (Å²) >= 11 is 0. The van der Waals surface area contributed by atoms with Crippen LogP contribution in [0, 0.1) is 11.8 Å². The molecule has 0 bridgehead atoms. The molecule has 0 radical (unpaired) electrons. The van der Waals surface area contributed by atoms with Gasteiger partial charge in [0, 0.05) is 45.4 Å². The second-order valence-electron chi connectivity index (χ2n) is 6.20. The Morgan fingerprint density at radius 3 is 2.78 bits per heavy atom. The number of likely N-dealkylation sites (N-methyl/N-ethyl adjacent to an activating group) is 1. The van der Waals surface area contributed by atoms with Gasteiger partial charge >= 0.3 is 0 Å². The molecular weight excluding hydrogens is 226 g/mol. The van der Waals surface area contributed by atoms with Crippen molar-refractivity contribution in [1.82, 2.24) is 15.1 Å². The van der Waals surface area contributed by atoms with Gasteiger partial charge in [0.15, 0.2) is 0 Å². The van der Waals surface area contributed by atoms with Crippen molar-refractivity contribution in [3.63, 3.8) is 0 Å². The van der Waals surface area contributed by atoms with E-state index in [1.165, 1.54) is 26.1 Å². The lowest BCUT2D eigenvalue weighted by molar-refractivity contribution is 0.185. The molecule has 3 unspecified atom stereocenters. The van der Waals surface area contributed by atoms with Gasteiger partial charge in [-0.3, -0.25) is 0 Å². The van der Waals surface area contributed by atoms with Crippen molar-refractivity contribution < 1.29 is 4.74 Å². The Bertz CT molecular complexity index is 241. The maximum Gasteiger partial charge on any atom is 0.0507 e. The molecular formula is C14H29N3O. The summed E-state index contributed by atoms with van der Waals surface area (Å²) in [6.07, 6.45) is 1.23. The predicted molar refractivity (Wildman–Crippen MR) is 74.9 cm³/mol. The first-order chi connectivity index (χ1) is 8.66. The van der Waals surface area contributed by atoms with Crippen LogP contribution in [0.3, 0.4) is 0 Å². The molecule has 0 aromatic carbocycles. The maximum absolute atomic E-state index is 5.39. The first-order valence-corrected chi connectivity index (χ1v) is 7.34. The second-order valence-corrected chi connectivity index (χ2v) is 6.20. The zero-order valence-corrected chi connectivity index (χ0v) is 12.2. The van der Waals surface area contributed by atoms with Gasteiger partial charge in [0.05, 0.1) is 6.61 Å². The highest BCUT2D eigenvalue weighted by Gasteiger charge is 2.30. The summed E-state index contributed by atoms with van der Waals surface area (Å²) in [4.78, 5) is 4.96. The minimum atomic E-state index is 0.730. The van der Waals surface area contributed by atoms with Gasteiger partial charge in [-0.25, -0.2) is 0 Å². The molecule has 4 nitrogen and oxygen atoms in total. The summed E-state index contributed by atoms with van der Waals surface area (Å²) in [5.74, 6) is 1.54. The lowest BCUT2D eigenvalue weighted by Gasteiger charge is -2.22. The molecule has 2 saturated heterocycles. The normalized spacial score (nSPS) is 33.7. The van der Waals surface area contributed by atoms with E-state index in [4.69, 9.17) is 4.74 Å². The SMILES string of the molecule is CC1CN(CCNCC2CCOC2)CC1N(C)C. The number of likely N-dealkylation sites (tertiary alicyclic amines) is 1. The first-order valence-electron chi connectivity index (χ1n) is 7.34. The molecule has 0 aliphatic carbocycles. The van der Waals surface area contributed by atoms with Gasteiger partial charge in [0.25, 0.3) is 0 Å². The fraction of sp³-hybridized carbons (Fsp3) is 1.00. The van der Waals surface area contributed by atoms with Crippen LogP contribution in [0.2, 0.25) is 0 Å². The zero-order chi connectivity index (χ0) is 13.0. The third kappa shape index (κ3) is 3.92. The van der Waals surface area contributed by atoms with Crippen molar-refractivity contribution in [1.29, 1.82) is 0 Å². The van der Waals surface area contributed by atoms with E-state index in [9.17, 15) is 0 Å². The van der Waals surface area contributed by atoms with Crippen LogP contribution in [0.5, 0.6) is 0 Å². The van der Waals surface area contributed by atoms with Crippen LogP contribution in [0.15, 0.2) is 0 Å². The molecule has 2 aliphatic heterocycles. The van der Waals surface area contributed by atoms with Gasteiger partial charge in [-0.05, 0) is 32.4 Å². The van der Waals surface area contributed by atoms with Crippen LogP contribution in [-0.4, -0.2) is 75.9 Å². The highest BCUT2D eigenvalue weighted by molar-refractivity contribution is 4.86. The summed E-state index contributed by atoms with van der Waals surface area (Å²) in [6, 6.07) is 0.730. The van der Waals surface area contributed by atoms with E-state index in [0.717, 1.165) is 44.2 Å². The average molecular weight is 255 g/mol. The fourth-order valence-electron chi connectivity index (χ4n) is 3.19. The summed E-state index contributed by atoms with van der Waals surface area (Å²) < 4.78 is 5.39. The summed E-state index contributed by atoms with van der Waals surface area (Å²) in [7, 11) is 4.39. The molecule has 0 amide bonds. The smallest absolute Gasteiger partial charge is 0.0507 e. The largest absolute Gasteiger partial charge is 0.381 e. The Hall–Kier alpha value is -0.160. The molecule has 0 aromatic rings. The Labute approximate surface area is 112 Å². The van der Waals surface area contributed by atoms with Crippen molar-refractivity contribution in [2.45, 2.75) is 19.4 Å². The number of ether oxygens (including phenoxy) is 1. The monoisotopic (exact) mass is 255 g/mol. The number of nitrogens with zero attached hydrogens (tertiary/aromatic N) is 2. The topological polar surface area (TPSA) is 27.7 Å². The predicted octanol–water partition coefficient (Wildman–Crippen LogP) is 0.494. The zero-order valence-electron chi connectivity index (χ0n) is 12.2. The molecule has 0 saturated carbocycles. The molecule has 2 aliphatic rings. The molecule has 106 valence electrons. The molecule has 3 atom stereocenters. The van der Waals surface area contributed by atoms with Crippen molar-refractivity contribution in [2.75, 3.05) is 60.0 Å². The van der Waals surface area contributed by atoms with Crippen LogP contribution >= 0.6 is 0 Å². The second kappa shape index (κ2) is 6.85. The fourth-order valence-corrected chi connectivity index (χ4v) is 3.19. The lowest BCUT2D eigenvalue weighted by atomic mass is 10.1. The Kier molecular flexibility index (Phi) is 5.42. The van der Waals surface area contributed by atoms with Crippen LogP contribution in [0.25, 0.3) is 0 Å². The summed E-state index contributed by atoms with van der Waals surface area (Å²) in [5.41, 5.74) is 0. The van der Waals surface area contributed by atoms with Crippen LogP contribution in [-0.2, 0) is 4.74 Å². The van der Waals surface area contributed by atoms with Gasteiger partial charge in [-0.1, -0.05) is 6.92 Å². The minimum absolute atomic E-state index is 0.730. The minimum Gasteiger partial charge on any atom is -0.381 e. The van der Waals surface area contributed by atoms with Crippen molar-refractivity contribution >= 4 is 0 Å². The molecule has 2 heterocycles. The number of hydrogen-bond donors (Lipinski definition) is 1. The van der Waals surface area contributed by atoms with E-state index in [0.29, 0.717) is 0 Å². The molecule has 0 spiro atoms. The van der Waals surface area contributed by atoms with E-state index in [2.05, 4.69) is 36.1 Å². The van der Waals surface area contributed by atoms with Gasteiger partial charge < -0.3 is 19.9 Å². The standard InChI is InChI=1S/C14H29N3O/c1-12-9-17(10-14(12)16(2)3)6-5-15-8-13-4-7-18-11-13/h12-15H,4-11H2,1-3H3. The highest BCUT2D eigenvalue weighted by Crippen LogP contribution is 2.19. The van der Waals surface area contributed by atoms with Crippen LogP contribution in [0.4, 0.5) is 0 Å². The third-order valence-electron chi connectivity index (χ3n) is 4.37. The molecule has 1 N–H and O–H groups in total. The molecule has 0 aromatic heterocycles. The van der Waals surface area contributed by atoms with E-state index in [1.54, 1.807) is 0 Å². The van der Waals surface area contributed by atoms with Crippen molar-refractivity contribution in [3.8, 4) is 0 Å².